The van der Waals surface area contributed by atoms with E-state index in [4.69, 9.17) is 19.8 Å². The van der Waals surface area contributed by atoms with Crippen LogP contribution in [0.2, 0.25) is 0 Å². The van der Waals surface area contributed by atoms with E-state index in [1.54, 1.807) is 0 Å². The summed E-state index contributed by atoms with van der Waals surface area (Å²) in [6.07, 6.45) is 0.344. The van der Waals surface area contributed by atoms with Crippen LogP contribution in [-0.2, 0) is 29.1 Å². The Kier molecular flexibility index (Phi) is 13.1. The van der Waals surface area contributed by atoms with E-state index in [0.29, 0.717) is 12.5 Å². The van der Waals surface area contributed by atoms with Gasteiger partial charge in [0.15, 0.2) is 0 Å². The summed E-state index contributed by atoms with van der Waals surface area (Å²) >= 11 is 0. The topological polar surface area (TPSA) is 110 Å². The highest BCUT2D eigenvalue weighted by Gasteiger charge is 2.27. The van der Waals surface area contributed by atoms with Crippen molar-refractivity contribution in [3.63, 3.8) is 0 Å². The van der Waals surface area contributed by atoms with E-state index in [1.807, 2.05) is 6.07 Å². The number of aliphatic carboxylic acids is 2. The smallest absolute Gasteiger partial charge is 0.414 e. The molecular formula is C30H38N2O5. The van der Waals surface area contributed by atoms with Gasteiger partial charge in [0.1, 0.15) is 0 Å². The van der Waals surface area contributed by atoms with Crippen molar-refractivity contribution in [2.75, 3.05) is 13.1 Å². The predicted molar refractivity (Wildman–Crippen MR) is 145 cm³/mol. The summed E-state index contributed by atoms with van der Waals surface area (Å²) in [6.45, 7) is 7.49. The van der Waals surface area contributed by atoms with Crippen molar-refractivity contribution in [1.82, 2.24) is 10.2 Å². The standard InChI is InChI=1S/C28H36N2O.C2H2O4/c1-23(2)19-29-20-28(31)27(18-24-12-6-3-7-13-24)30(21-25-14-8-4-9-15-25)22-26-16-10-5-11-17-26;3-1(4)2(5)6/h3-17,23,27-29,31H,18-22H2,1-2H3;(H,3,4)(H,5,6). The fourth-order valence-corrected chi connectivity index (χ4v) is 3.95. The number of carboxylic acid groups (broad SMARTS) is 2. The Balaban J connectivity index is 0.000000717. The Morgan fingerprint density at radius 2 is 1.11 bits per heavy atom. The zero-order chi connectivity index (χ0) is 27.0. The Bertz CT molecular complexity index is 992. The first-order valence-corrected chi connectivity index (χ1v) is 12.5. The number of rotatable bonds is 12. The van der Waals surface area contributed by atoms with E-state index < -0.39 is 18.0 Å². The molecule has 3 aromatic carbocycles. The SMILES string of the molecule is CC(C)CNCC(O)C(Cc1ccccc1)N(Cc1ccccc1)Cc1ccccc1.O=C(O)C(=O)O. The molecule has 0 aliphatic heterocycles. The zero-order valence-electron chi connectivity index (χ0n) is 21.5. The first-order valence-electron chi connectivity index (χ1n) is 12.5. The van der Waals surface area contributed by atoms with Gasteiger partial charge >= 0.3 is 11.9 Å². The highest BCUT2D eigenvalue weighted by Crippen LogP contribution is 2.19. The van der Waals surface area contributed by atoms with Crippen LogP contribution in [-0.4, -0.2) is 57.4 Å². The third-order valence-electron chi connectivity index (χ3n) is 5.75. The summed E-state index contributed by atoms with van der Waals surface area (Å²) in [4.78, 5) is 20.6. The first-order chi connectivity index (χ1) is 17.8. The minimum absolute atomic E-state index is 0.00229. The fraction of sp³-hybridized carbons (Fsp3) is 0.333. The van der Waals surface area contributed by atoms with Gasteiger partial charge in [0.05, 0.1) is 6.10 Å². The van der Waals surface area contributed by atoms with Crippen LogP contribution in [0.4, 0.5) is 0 Å². The average Bonchev–Trinajstić information content (AvgIpc) is 2.89. The van der Waals surface area contributed by atoms with Crippen LogP contribution in [0.3, 0.4) is 0 Å². The Hall–Kier alpha value is -3.52. The number of carboxylic acids is 2. The molecule has 0 saturated carbocycles. The van der Waals surface area contributed by atoms with Gasteiger partial charge in [0.2, 0.25) is 0 Å². The van der Waals surface area contributed by atoms with E-state index in [1.165, 1.54) is 16.7 Å². The van der Waals surface area contributed by atoms with Crippen LogP contribution >= 0.6 is 0 Å². The molecule has 4 N–H and O–H groups in total. The molecule has 3 rings (SSSR count). The quantitative estimate of drug-likeness (QED) is 0.274. The number of hydrogen-bond acceptors (Lipinski definition) is 5. The van der Waals surface area contributed by atoms with E-state index in [9.17, 15) is 5.11 Å². The van der Waals surface area contributed by atoms with Crippen molar-refractivity contribution in [3.8, 4) is 0 Å². The average molecular weight is 507 g/mol. The van der Waals surface area contributed by atoms with Crippen LogP contribution in [0, 0.1) is 5.92 Å². The van der Waals surface area contributed by atoms with Gasteiger partial charge < -0.3 is 20.6 Å². The number of aliphatic hydroxyl groups is 1. The molecule has 0 fully saturated rings. The molecule has 0 spiro atoms. The number of nitrogens with one attached hydrogen (secondary N) is 1. The lowest BCUT2D eigenvalue weighted by atomic mass is 9.97. The second kappa shape index (κ2) is 16.3. The lowest BCUT2D eigenvalue weighted by molar-refractivity contribution is -0.159. The number of benzene rings is 3. The molecule has 2 atom stereocenters. The van der Waals surface area contributed by atoms with Crippen molar-refractivity contribution < 1.29 is 24.9 Å². The highest BCUT2D eigenvalue weighted by molar-refractivity contribution is 6.27. The molecule has 0 amide bonds. The van der Waals surface area contributed by atoms with Crippen molar-refractivity contribution in [2.24, 2.45) is 5.92 Å². The van der Waals surface area contributed by atoms with Gasteiger partial charge in [-0.15, -0.1) is 0 Å². The van der Waals surface area contributed by atoms with Crippen molar-refractivity contribution in [2.45, 2.75) is 45.5 Å². The second-order valence-corrected chi connectivity index (χ2v) is 9.36. The van der Waals surface area contributed by atoms with Gasteiger partial charge in [-0.05, 0) is 35.6 Å². The van der Waals surface area contributed by atoms with E-state index in [-0.39, 0.29) is 6.04 Å². The van der Waals surface area contributed by atoms with Gasteiger partial charge in [-0.2, -0.15) is 0 Å². The lowest BCUT2D eigenvalue weighted by Gasteiger charge is -2.36. The maximum Gasteiger partial charge on any atom is 0.414 e. The summed E-state index contributed by atoms with van der Waals surface area (Å²) in [6, 6.07) is 31.6. The van der Waals surface area contributed by atoms with Crippen LogP contribution in [0.1, 0.15) is 30.5 Å². The molecule has 7 nitrogen and oxygen atoms in total. The Morgan fingerprint density at radius 1 is 0.703 bits per heavy atom. The molecule has 0 aromatic heterocycles. The monoisotopic (exact) mass is 506 g/mol. The largest absolute Gasteiger partial charge is 0.473 e. The molecule has 37 heavy (non-hydrogen) atoms. The normalized spacial score (nSPS) is 12.5. The van der Waals surface area contributed by atoms with Crippen LogP contribution in [0.15, 0.2) is 91.0 Å². The predicted octanol–water partition coefficient (Wildman–Crippen LogP) is 4.06. The third kappa shape index (κ3) is 11.8. The molecule has 0 aliphatic carbocycles. The van der Waals surface area contributed by atoms with Gasteiger partial charge in [-0.1, -0.05) is 105 Å². The van der Waals surface area contributed by atoms with Crippen LogP contribution in [0.5, 0.6) is 0 Å². The molecule has 0 heterocycles. The summed E-state index contributed by atoms with van der Waals surface area (Å²) < 4.78 is 0. The van der Waals surface area contributed by atoms with Gasteiger partial charge in [-0.25, -0.2) is 9.59 Å². The second-order valence-electron chi connectivity index (χ2n) is 9.36. The molecule has 198 valence electrons. The molecule has 0 aliphatic rings. The lowest BCUT2D eigenvalue weighted by Crippen LogP contribution is -2.48. The molecule has 0 bridgehead atoms. The number of carbonyl (C=O) groups is 2. The Labute approximate surface area is 219 Å². The molecular weight excluding hydrogens is 468 g/mol. The molecule has 7 heteroatoms. The van der Waals surface area contributed by atoms with E-state index in [0.717, 1.165) is 26.1 Å². The van der Waals surface area contributed by atoms with Gasteiger partial charge in [-0.3, -0.25) is 4.90 Å². The van der Waals surface area contributed by atoms with Crippen molar-refractivity contribution in [3.05, 3.63) is 108 Å². The highest BCUT2D eigenvalue weighted by atomic mass is 16.4. The van der Waals surface area contributed by atoms with Gasteiger partial charge in [0, 0.05) is 25.7 Å². The fourth-order valence-electron chi connectivity index (χ4n) is 3.95. The van der Waals surface area contributed by atoms with E-state index >= 15 is 0 Å². The molecule has 2 unspecified atom stereocenters. The summed E-state index contributed by atoms with van der Waals surface area (Å²) in [7, 11) is 0. The number of aliphatic hydroxyl groups excluding tert-OH is 1. The number of nitrogens with zero attached hydrogens (tertiary/aromatic N) is 1. The minimum atomic E-state index is -1.82. The molecule has 3 aromatic rings. The zero-order valence-corrected chi connectivity index (χ0v) is 21.5. The summed E-state index contributed by atoms with van der Waals surface area (Å²) in [5, 5.41) is 29.5. The molecule has 0 saturated heterocycles. The van der Waals surface area contributed by atoms with Crippen LogP contribution < -0.4 is 5.32 Å². The van der Waals surface area contributed by atoms with Crippen molar-refractivity contribution >= 4 is 11.9 Å². The number of hydrogen-bond donors (Lipinski definition) is 4. The minimum Gasteiger partial charge on any atom is -0.473 e. The molecule has 0 radical (unpaired) electrons. The maximum absolute atomic E-state index is 11.3. The summed E-state index contributed by atoms with van der Waals surface area (Å²) in [5.74, 6) is -3.09. The maximum atomic E-state index is 11.3. The Morgan fingerprint density at radius 3 is 1.49 bits per heavy atom. The first kappa shape index (κ1) is 29.7. The van der Waals surface area contributed by atoms with Crippen LogP contribution in [0.25, 0.3) is 0 Å². The van der Waals surface area contributed by atoms with E-state index in [2.05, 4.69) is 109 Å². The third-order valence-corrected chi connectivity index (χ3v) is 5.75. The van der Waals surface area contributed by atoms with Gasteiger partial charge in [0.25, 0.3) is 0 Å². The van der Waals surface area contributed by atoms with Crippen molar-refractivity contribution in [1.29, 1.82) is 0 Å². The summed E-state index contributed by atoms with van der Waals surface area (Å²) in [5.41, 5.74) is 3.78.